The number of anilines is 1. The van der Waals surface area contributed by atoms with Crippen LogP contribution in [0.25, 0.3) is 0 Å². The first-order valence-electron chi connectivity index (χ1n) is 6.08. The summed E-state index contributed by atoms with van der Waals surface area (Å²) in [5.41, 5.74) is 0. The van der Waals surface area contributed by atoms with Crippen molar-refractivity contribution in [1.82, 2.24) is 9.97 Å². The third-order valence-electron chi connectivity index (χ3n) is 3.13. The maximum atomic E-state index is 11.8. The predicted octanol–water partition coefficient (Wildman–Crippen LogP) is 1.78. The highest BCUT2D eigenvalue weighted by molar-refractivity contribution is 9.10. The van der Waals surface area contributed by atoms with Crippen molar-refractivity contribution in [3.63, 3.8) is 0 Å². The van der Waals surface area contributed by atoms with Crippen molar-refractivity contribution in [2.45, 2.75) is 25.3 Å². The van der Waals surface area contributed by atoms with Gasteiger partial charge in [0.25, 0.3) is 0 Å². The lowest BCUT2D eigenvalue weighted by molar-refractivity contribution is -0.142. The second kappa shape index (κ2) is 6.18. The van der Waals surface area contributed by atoms with Crippen molar-refractivity contribution in [2.24, 2.45) is 0 Å². The van der Waals surface area contributed by atoms with E-state index in [1.165, 1.54) is 7.11 Å². The molecule has 0 N–H and O–H groups in total. The zero-order valence-corrected chi connectivity index (χ0v) is 12.5. The maximum Gasteiger partial charge on any atom is 0.328 e. The summed E-state index contributed by atoms with van der Waals surface area (Å²) in [6.45, 7) is 0.741. The van der Waals surface area contributed by atoms with Crippen molar-refractivity contribution in [1.29, 1.82) is 0 Å². The summed E-state index contributed by atoms with van der Waals surface area (Å²) in [6.07, 6.45) is 4.40. The normalized spacial score (nSPS) is 19.1. The van der Waals surface area contributed by atoms with E-state index in [1.807, 2.05) is 4.90 Å². The quantitative estimate of drug-likeness (QED) is 0.787. The van der Waals surface area contributed by atoms with Crippen LogP contribution in [0, 0.1) is 0 Å². The van der Waals surface area contributed by atoms with Gasteiger partial charge in [0.15, 0.2) is 0 Å². The summed E-state index contributed by atoms with van der Waals surface area (Å²) in [5.74, 6) is 0.708. The van der Waals surface area contributed by atoms with E-state index in [9.17, 15) is 4.79 Å². The minimum absolute atomic E-state index is 0.245. The van der Waals surface area contributed by atoms with E-state index in [0.29, 0.717) is 16.3 Å². The van der Waals surface area contributed by atoms with Crippen LogP contribution in [0.3, 0.4) is 0 Å². The molecule has 104 valence electrons. The SMILES string of the molecule is COC(=O)C1CCCCN1c1ncc(Br)c(OC)n1. The Labute approximate surface area is 120 Å². The second-order valence-electron chi connectivity index (χ2n) is 4.26. The highest BCUT2D eigenvalue weighted by atomic mass is 79.9. The minimum atomic E-state index is -0.315. The number of nitrogens with zero attached hydrogens (tertiary/aromatic N) is 3. The Hall–Kier alpha value is -1.37. The molecule has 0 amide bonds. The van der Waals surface area contributed by atoms with Crippen molar-refractivity contribution in [3.8, 4) is 5.88 Å². The number of methoxy groups -OCH3 is 2. The van der Waals surface area contributed by atoms with Gasteiger partial charge in [0.1, 0.15) is 6.04 Å². The molecule has 1 aliphatic rings. The number of ether oxygens (including phenoxy) is 2. The fraction of sp³-hybridized carbons (Fsp3) is 0.583. The Morgan fingerprint density at radius 3 is 2.95 bits per heavy atom. The van der Waals surface area contributed by atoms with Crippen LogP contribution in [0.5, 0.6) is 5.88 Å². The van der Waals surface area contributed by atoms with Gasteiger partial charge in [-0.1, -0.05) is 0 Å². The van der Waals surface area contributed by atoms with Crippen LogP contribution in [0.1, 0.15) is 19.3 Å². The molecule has 1 unspecified atom stereocenters. The summed E-state index contributed by atoms with van der Waals surface area (Å²) in [4.78, 5) is 22.3. The average molecular weight is 330 g/mol. The second-order valence-corrected chi connectivity index (χ2v) is 5.11. The van der Waals surface area contributed by atoms with Gasteiger partial charge in [0.05, 0.1) is 24.9 Å². The Balaban J connectivity index is 2.29. The molecule has 1 aromatic heterocycles. The lowest BCUT2D eigenvalue weighted by atomic mass is 10.0. The third kappa shape index (κ3) is 2.97. The van der Waals surface area contributed by atoms with Crippen molar-refractivity contribution < 1.29 is 14.3 Å². The molecule has 6 nitrogen and oxygen atoms in total. The molecule has 1 aliphatic heterocycles. The lowest BCUT2D eigenvalue weighted by Crippen LogP contribution is -2.46. The molecule has 0 bridgehead atoms. The molecule has 0 aromatic carbocycles. The predicted molar refractivity (Wildman–Crippen MR) is 73.3 cm³/mol. The maximum absolute atomic E-state index is 11.8. The number of carbonyl (C=O) groups is 1. The molecule has 0 aliphatic carbocycles. The Kier molecular flexibility index (Phi) is 4.57. The number of hydrogen-bond acceptors (Lipinski definition) is 6. The van der Waals surface area contributed by atoms with E-state index in [2.05, 4.69) is 25.9 Å². The van der Waals surface area contributed by atoms with Gasteiger partial charge in [-0.05, 0) is 35.2 Å². The number of carbonyl (C=O) groups excluding carboxylic acids is 1. The van der Waals surface area contributed by atoms with Crippen LogP contribution < -0.4 is 9.64 Å². The lowest BCUT2D eigenvalue weighted by Gasteiger charge is -2.33. The van der Waals surface area contributed by atoms with E-state index >= 15 is 0 Å². The molecule has 2 rings (SSSR count). The molecule has 1 aromatic rings. The first-order chi connectivity index (χ1) is 9.17. The minimum Gasteiger partial charge on any atom is -0.480 e. The van der Waals surface area contributed by atoms with E-state index in [1.54, 1.807) is 13.3 Å². The van der Waals surface area contributed by atoms with Crippen molar-refractivity contribution >= 4 is 27.8 Å². The van der Waals surface area contributed by atoms with Gasteiger partial charge < -0.3 is 14.4 Å². The molecule has 1 atom stereocenters. The van der Waals surface area contributed by atoms with Crippen molar-refractivity contribution in [2.75, 3.05) is 25.7 Å². The molecular weight excluding hydrogens is 314 g/mol. The Morgan fingerprint density at radius 2 is 2.26 bits per heavy atom. The standard InChI is InChI=1S/C12H16BrN3O3/c1-18-10-8(13)7-14-12(15-10)16-6-4-3-5-9(16)11(17)19-2/h7,9H,3-6H2,1-2H3. The first-order valence-corrected chi connectivity index (χ1v) is 6.87. The molecule has 2 heterocycles. The van der Waals surface area contributed by atoms with E-state index < -0.39 is 0 Å². The molecule has 0 saturated carbocycles. The van der Waals surface area contributed by atoms with Crippen molar-refractivity contribution in [3.05, 3.63) is 10.7 Å². The van der Waals surface area contributed by atoms with Gasteiger partial charge in [-0.25, -0.2) is 9.78 Å². The fourth-order valence-electron chi connectivity index (χ4n) is 2.18. The van der Waals surface area contributed by atoms with Crippen LogP contribution in [0.4, 0.5) is 5.95 Å². The van der Waals surface area contributed by atoms with Gasteiger partial charge in [0.2, 0.25) is 11.8 Å². The monoisotopic (exact) mass is 329 g/mol. The molecule has 1 fully saturated rings. The van der Waals surface area contributed by atoms with E-state index in [0.717, 1.165) is 25.8 Å². The zero-order chi connectivity index (χ0) is 13.8. The van der Waals surface area contributed by atoms with Gasteiger partial charge in [-0.2, -0.15) is 4.98 Å². The summed E-state index contributed by atoms with van der Waals surface area (Å²) < 4.78 is 10.7. The number of rotatable bonds is 3. The summed E-state index contributed by atoms with van der Waals surface area (Å²) in [5, 5.41) is 0. The molecule has 19 heavy (non-hydrogen) atoms. The number of piperidine rings is 1. The van der Waals surface area contributed by atoms with E-state index in [4.69, 9.17) is 9.47 Å². The zero-order valence-electron chi connectivity index (χ0n) is 10.9. The number of esters is 1. The Morgan fingerprint density at radius 1 is 1.47 bits per heavy atom. The van der Waals surface area contributed by atoms with Gasteiger partial charge in [-0.15, -0.1) is 0 Å². The van der Waals surface area contributed by atoms with Crippen LogP contribution in [-0.2, 0) is 9.53 Å². The number of halogens is 1. The van der Waals surface area contributed by atoms with Crippen LogP contribution >= 0.6 is 15.9 Å². The summed E-state index contributed by atoms with van der Waals surface area (Å²) in [7, 11) is 2.95. The summed E-state index contributed by atoms with van der Waals surface area (Å²) in [6, 6.07) is -0.315. The molecule has 0 radical (unpaired) electrons. The van der Waals surface area contributed by atoms with Crippen LogP contribution in [0.2, 0.25) is 0 Å². The largest absolute Gasteiger partial charge is 0.480 e. The Bertz CT molecular complexity index is 470. The highest BCUT2D eigenvalue weighted by Crippen LogP contribution is 2.27. The molecule has 7 heteroatoms. The molecule has 0 spiro atoms. The average Bonchev–Trinajstić information content (AvgIpc) is 2.47. The van der Waals surface area contributed by atoms with Gasteiger partial charge in [0, 0.05) is 6.54 Å². The van der Waals surface area contributed by atoms with Gasteiger partial charge >= 0.3 is 5.97 Å². The summed E-state index contributed by atoms with van der Waals surface area (Å²) >= 11 is 3.31. The molecule has 1 saturated heterocycles. The van der Waals surface area contributed by atoms with E-state index in [-0.39, 0.29) is 12.0 Å². The van der Waals surface area contributed by atoms with Crippen LogP contribution in [-0.4, -0.2) is 42.7 Å². The number of aromatic nitrogens is 2. The highest BCUT2D eigenvalue weighted by Gasteiger charge is 2.31. The first kappa shape index (κ1) is 14.0. The molecular formula is C12H16BrN3O3. The number of hydrogen-bond donors (Lipinski definition) is 0. The van der Waals surface area contributed by atoms with Crippen LogP contribution in [0.15, 0.2) is 10.7 Å². The smallest absolute Gasteiger partial charge is 0.328 e. The topological polar surface area (TPSA) is 64.5 Å². The third-order valence-corrected chi connectivity index (χ3v) is 3.67. The van der Waals surface area contributed by atoms with Gasteiger partial charge in [-0.3, -0.25) is 0 Å². The fourth-order valence-corrected chi connectivity index (χ4v) is 2.53.